The van der Waals surface area contributed by atoms with Crippen molar-refractivity contribution in [1.29, 1.82) is 0 Å². The van der Waals surface area contributed by atoms with Crippen molar-refractivity contribution in [1.82, 2.24) is 19.8 Å². The first kappa shape index (κ1) is 18.5. The number of nitrogens with one attached hydrogen (secondary N) is 1. The summed E-state index contributed by atoms with van der Waals surface area (Å²) in [4.78, 5) is 26.0. The average Bonchev–Trinajstić information content (AvgIpc) is 2.61. The van der Waals surface area contributed by atoms with Crippen LogP contribution in [-0.2, 0) is 11.3 Å². The number of piperazine rings is 1. The number of para-hydroxylation sites is 1. The second-order valence-electron chi connectivity index (χ2n) is 7.35. The van der Waals surface area contributed by atoms with Gasteiger partial charge in [0.25, 0.3) is 0 Å². The molecule has 26 heavy (non-hydrogen) atoms. The van der Waals surface area contributed by atoms with Gasteiger partial charge in [0.05, 0.1) is 12.1 Å². The second kappa shape index (κ2) is 7.97. The number of fused-ring (bicyclic) bond motifs is 1. The van der Waals surface area contributed by atoms with Crippen LogP contribution in [0.3, 0.4) is 0 Å². The Kier molecular flexibility index (Phi) is 5.68. The lowest BCUT2D eigenvalue weighted by Crippen LogP contribution is -2.44. The van der Waals surface area contributed by atoms with Crippen LogP contribution in [0.5, 0.6) is 0 Å². The summed E-state index contributed by atoms with van der Waals surface area (Å²) in [6.45, 7) is 8.76. The van der Waals surface area contributed by atoms with E-state index < -0.39 is 6.04 Å². The molecule has 0 spiro atoms. The Bertz CT molecular complexity index is 770. The maximum atomic E-state index is 11.8. The Morgan fingerprint density at radius 1 is 1.19 bits per heavy atom. The van der Waals surface area contributed by atoms with E-state index in [-0.39, 0.29) is 11.8 Å². The highest BCUT2D eigenvalue weighted by molar-refractivity contribution is 5.91. The number of amides is 1. The lowest BCUT2D eigenvalue weighted by atomic mass is 10.0. The summed E-state index contributed by atoms with van der Waals surface area (Å²) in [5, 5.41) is 4.16. The summed E-state index contributed by atoms with van der Waals surface area (Å²) in [5.74, 6) is 1.14. The molecule has 2 aromatic rings. The third-order valence-electron chi connectivity index (χ3n) is 4.88. The zero-order valence-corrected chi connectivity index (χ0v) is 15.8. The number of benzene rings is 1. The monoisotopic (exact) mass is 356 g/mol. The fourth-order valence-electron chi connectivity index (χ4n) is 3.23. The van der Waals surface area contributed by atoms with Gasteiger partial charge in [-0.25, -0.2) is 9.97 Å². The molecule has 1 atom stereocenters. The minimum Gasteiger partial charge on any atom is -0.368 e. The number of hydrogen-bond acceptors (Lipinski definition) is 6. The summed E-state index contributed by atoms with van der Waals surface area (Å²) in [7, 11) is 2.14. The van der Waals surface area contributed by atoms with Crippen molar-refractivity contribution in [3.05, 3.63) is 30.1 Å². The van der Waals surface area contributed by atoms with E-state index in [1.54, 1.807) is 0 Å². The topological polar surface area (TPSA) is 87.4 Å². The molecule has 3 rings (SSSR count). The first-order chi connectivity index (χ1) is 12.4. The molecule has 0 saturated carbocycles. The molecule has 0 aliphatic carbocycles. The molecule has 2 heterocycles. The number of hydrogen-bond donors (Lipinski definition) is 2. The first-order valence-corrected chi connectivity index (χ1v) is 9.16. The van der Waals surface area contributed by atoms with E-state index in [1.165, 1.54) is 0 Å². The minimum absolute atomic E-state index is 0.0716. The van der Waals surface area contributed by atoms with Crippen LogP contribution in [0.1, 0.15) is 19.7 Å². The van der Waals surface area contributed by atoms with Gasteiger partial charge in [-0.15, -0.1) is 0 Å². The standard InChI is InChI=1S/C19H28N6O/c1-13(2)17(18(20)26)23-19-14-6-4-5-7-15(14)21-16(22-19)12-25-10-8-24(3)9-11-25/h4-7,13,17H,8-12H2,1-3H3,(H2,20,26)(H,21,22,23)/t17-/m0/s1. The summed E-state index contributed by atoms with van der Waals surface area (Å²) in [6.07, 6.45) is 0. The van der Waals surface area contributed by atoms with Gasteiger partial charge >= 0.3 is 0 Å². The predicted molar refractivity (Wildman–Crippen MR) is 104 cm³/mol. The number of nitrogens with zero attached hydrogens (tertiary/aromatic N) is 4. The highest BCUT2D eigenvalue weighted by Gasteiger charge is 2.22. The number of primary amides is 1. The smallest absolute Gasteiger partial charge is 0.240 e. The normalized spacial score (nSPS) is 17.5. The third kappa shape index (κ3) is 4.28. The van der Waals surface area contributed by atoms with E-state index in [0.717, 1.165) is 42.9 Å². The van der Waals surface area contributed by atoms with Crippen LogP contribution in [0, 0.1) is 5.92 Å². The number of nitrogens with two attached hydrogens (primary N) is 1. The number of carbonyl (C=O) groups excluding carboxylic acids is 1. The van der Waals surface area contributed by atoms with Crippen LogP contribution < -0.4 is 11.1 Å². The van der Waals surface area contributed by atoms with Gasteiger partial charge in [0, 0.05) is 31.6 Å². The summed E-state index contributed by atoms with van der Waals surface area (Å²) < 4.78 is 0. The Morgan fingerprint density at radius 2 is 1.88 bits per heavy atom. The van der Waals surface area contributed by atoms with Crippen molar-refractivity contribution in [3.8, 4) is 0 Å². The number of likely N-dealkylation sites (N-methyl/N-ethyl adjacent to an activating group) is 1. The SMILES string of the molecule is CC(C)[C@H](Nc1nc(CN2CCN(C)CC2)nc2ccccc12)C(N)=O. The van der Waals surface area contributed by atoms with Gasteiger partial charge < -0.3 is 16.0 Å². The molecular weight excluding hydrogens is 328 g/mol. The van der Waals surface area contributed by atoms with Crippen LogP contribution >= 0.6 is 0 Å². The molecule has 1 aliphatic heterocycles. The van der Waals surface area contributed by atoms with Crippen LogP contribution in [0.4, 0.5) is 5.82 Å². The molecule has 140 valence electrons. The molecule has 1 aromatic heterocycles. The van der Waals surface area contributed by atoms with Crippen molar-refractivity contribution in [3.63, 3.8) is 0 Å². The molecule has 1 fully saturated rings. The van der Waals surface area contributed by atoms with Crippen LogP contribution in [-0.4, -0.2) is 64.9 Å². The third-order valence-corrected chi connectivity index (χ3v) is 4.88. The van der Waals surface area contributed by atoms with E-state index >= 15 is 0 Å². The summed E-state index contributed by atoms with van der Waals surface area (Å²) in [6, 6.07) is 7.39. The molecule has 3 N–H and O–H groups in total. The lowest BCUT2D eigenvalue weighted by Gasteiger charge is -2.31. The van der Waals surface area contributed by atoms with Crippen molar-refractivity contribution >= 4 is 22.6 Å². The molecule has 1 aromatic carbocycles. The van der Waals surface area contributed by atoms with E-state index in [4.69, 9.17) is 15.7 Å². The summed E-state index contributed by atoms with van der Waals surface area (Å²) >= 11 is 0. The number of rotatable bonds is 6. The maximum Gasteiger partial charge on any atom is 0.240 e. The fourth-order valence-corrected chi connectivity index (χ4v) is 3.23. The first-order valence-electron chi connectivity index (χ1n) is 9.16. The number of carbonyl (C=O) groups is 1. The van der Waals surface area contributed by atoms with E-state index in [9.17, 15) is 4.79 Å². The Labute approximate surface area is 154 Å². The second-order valence-corrected chi connectivity index (χ2v) is 7.35. The molecule has 1 aliphatic rings. The quantitative estimate of drug-likeness (QED) is 0.811. The average molecular weight is 356 g/mol. The Balaban J connectivity index is 1.89. The van der Waals surface area contributed by atoms with Gasteiger partial charge in [0.2, 0.25) is 5.91 Å². The Hall–Kier alpha value is -2.25. The molecule has 7 heteroatoms. The fraction of sp³-hybridized carbons (Fsp3) is 0.526. The van der Waals surface area contributed by atoms with Crippen LogP contribution in [0.25, 0.3) is 10.9 Å². The van der Waals surface area contributed by atoms with Gasteiger partial charge in [-0.05, 0) is 25.1 Å². The summed E-state index contributed by atoms with van der Waals surface area (Å²) in [5.41, 5.74) is 6.45. The van der Waals surface area contributed by atoms with Gasteiger partial charge in [-0.3, -0.25) is 9.69 Å². The zero-order valence-electron chi connectivity index (χ0n) is 15.8. The van der Waals surface area contributed by atoms with Crippen molar-refractivity contribution in [2.45, 2.75) is 26.4 Å². The minimum atomic E-state index is -0.468. The molecule has 1 saturated heterocycles. The highest BCUT2D eigenvalue weighted by Crippen LogP contribution is 2.22. The molecular formula is C19H28N6O. The molecule has 0 radical (unpaired) electrons. The van der Waals surface area contributed by atoms with E-state index in [1.807, 2.05) is 38.1 Å². The van der Waals surface area contributed by atoms with E-state index in [0.29, 0.717) is 12.4 Å². The van der Waals surface area contributed by atoms with Crippen LogP contribution in [0.15, 0.2) is 24.3 Å². The van der Waals surface area contributed by atoms with Gasteiger partial charge in [-0.2, -0.15) is 0 Å². The number of aromatic nitrogens is 2. The van der Waals surface area contributed by atoms with E-state index in [2.05, 4.69) is 22.2 Å². The van der Waals surface area contributed by atoms with Crippen molar-refractivity contribution in [2.24, 2.45) is 11.7 Å². The van der Waals surface area contributed by atoms with Gasteiger partial charge in [0.15, 0.2) is 0 Å². The molecule has 1 amide bonds. The van der Waals surface area contributed by atoms with Gasteiger partial charge in [0.1, 0.15) is 17.7 Å². The Morgan fingerprint density at radius 3 is 2.54 bits per heavy atom. The highest BCUT2D eigenvalue weighted by atomic mass is 16.1. The molecule has 7 nitrogen and oxygen atoms in total. The molecule has 0 unspecified atom stereocenters. The lowest BCUT2D eigenvalue weighted by molar-refractivity contribution is -0.119. The number of anilines is 1. The largest absolute Gasteiger partial charge is 0.368 e. The predicted octanol–water partition coefficient (Wildman–Crippen LogP) is 1.30. The molecule has 0 bridgehead atoms. The van der Waals surface area contributed by atoms with Gasteiger partial charge in [-0.1, -0.05) is 26.0 Å². The van der Waals surface area contributed by atoms with Crippen molar-refractivity contribution in [2.75, 3.05) is 38.5 Å². The zero-order chi connectivity index (χ0) is 18.7. The van der Waals surface area contributed by atoms with Crippen molar-refractivity contribution < 1.29 is 4.79 Å². The maximum absolute atomic E-state index is 11.8. The van der Waals surface area contributed by atoms with Crippen LogP contribution in [0.2, 0.25) is 0 Å².